The molecule has 0 bridgehead atoms. The second-order valence-corrected chi connectivity index (χ2v) is 29.7. The van der Waals surface area contributed by atoms with Crippen LogP contribution in [0.5, 0.6) is 0 Å². The molecule has 6 aliphatic rings. The lowest BCUT2D eigenvalue weighted by atomic mass is 9.86. The first-order valence-electron chi connectivity index (χ1n) is 31.3. The van der Waals surface area contributed by atoms with E-state index in [1.807, 2.05) is 20.8 Å². The summed E-state index contributed by atoms with van der Waals surface area (Å²) >= 11 is 1.13. The van der Waals surface area contributed by atoms with Crippen LogP contribution in [0.2, 0.25) is 0 Å². The normalized spacial score (nSPS) is 28.5. The predicted molar refractivity (Wildman–Crippen MR) is 326 cm³/mol. The number of carbonyl (C=O) groups excluding carboxylic acids is 9. The van der Waals surface area contributed by atoms with Gasteiger partial charge in [-0.25, -0.2) is 13.2 Å². The summed E-state index contributed by atoms with van der Waals surface area (Å²) in [6.07, 6.45) is 14.7. The number of Topliss-reactive ketones (excluding diaryl/α,β-unsaturated/α-hetero) is 2. The van der Waals surface area contributed by atoms with E-state index in [2.05, 4.69) is 59.6 Å². The Labute approximate surface area is 513 Å². The minimum Gasteiger partial charge on any atom is -0.483 e. The van der Waals surface area contributed by atoms with Gasteiger partial charge in [-0.15, -0.1) is 11.3 Å². The number of fused-ring (bicyclic) bond motifs is 6. The Hall–Kier alpha value is -5.53. The lowest BCUT2D eigenvalue weighted by Crippen LogP contribution is -2.60. The first-order valence-corrected chi connectivity index (χ1v) is 33.6. The smallest absolute Gasteiger partial charge is 0.315 e. The van der Waals surface area contributed by atoms with Crippen LogP contribution in [0, 0.1) is 39.9 Å². The number of nitrogens with two attached hydrogens (primary N) is 1. The summed E-state index contributed by atoms with van der Waals surface area (Å²) in [7, 11) is -2.28. The highest BCUT2D eigenvalue weighted by Gasteiger charge is 2.71. The van der Waals surface area contributed by atoms with Crippen LogP contribution in [-0.2, 0) is 53.2 Å². The van der Waals surface area contributed by atoms with Crippen molar-refractivity contribution in [3.05, 3.63) is 17.5 Å². The van der Waals surface area contributed by atoms with Gasteiger partial charge in [0.1, 0.15) is 22.3 Å². The van der Waals surface area contributed by atoms with Crippen molar-refractivity contribution in [2.45, 2.75) is 224 Å². The highest BCUT2D eigenvalue weighted by molar-refractivity contribution is 7.91. The summed E-state index contributed by atoms with van der Waals surface area (Å²) in [4.78, 5) is 131. The van der Waals surface area contributed by atoms with Crippen molar-refractivity contribution in [2.24, 2.45) is 45.7 Å². The number of carbonyl (C=O) groups is 10. The monoisotopic (exact) mass is 1240 g/mol. The van der Waals surface area contributed by atoms with E-state index in [1.54, 1.807) is 41.2 Å². The Morgan fingerprint density at radius 1 is 0.721 bits per heavy atom. The second kappa shape index (κ2) is 31.6. The molecular formula is C61H100N10O13S2. The summed E-state index contributed by atoms with van der Waals surface area (Å²) in [6, 6.07) is -2.84. The van der Waals surface area contributed by atoms with E-state index in [9.17, 15) is 51.6 Å². The topological polar surface area (TPSA) is 333 Å². The van der Waals surface area contributed by atoms with Crippen LogP contribution in [0.25, 0.3) is 0 Å². The van der Waals surface area contributed by atoms with Gasteiger partial charge >= 0.3 is 6.03 Å². The fourth-order valence-electron chi connectivity index (χ4n) is 13.3. The van der Waals surface area contributed by atoms with Gasteiger partial charge in [0.15, 0.2) is 0 Å². The van der Waals surface area contributed by atoms with Gasteiger partial charge in [-0.1, -0.05) is 144 Å². The Morgan fingerprint density at radius 3 is 1.53 bits per heavy atom. The summed E-state index contributed by atoms with van der Waals surface area (Å²) in [5.41, 5.74) is 5.49. The van der Waals surface area contributed by atoms with Gasteiger partial charge in [-0.3, -0.25) is 43.2 Å². The number of nitrogens with one attached hydrogen (secondary N) is 6. The maximum atomic E-state index is 14.4. The molecule has 4 saturated heterocycles. The molecule has 0 unspecified atom stereocenters. The summed E-state index contributed by atoms with van der Waals surface area (Å²) in [6.45, 7) is 18.9. The number of likely N-dealkylation sites (N-methyl/N-ethyl adjacent to an activating group) is 3. The van der Waals surface area contributed by atoms with E-state index in [1.165, 1.54) is 11.4 Å². The van der Waals surface area contributed by atoms with E-state index in [-0.39, 0.29) is 76.0 Å². The van der Waals surface area contributed by atoms with E-state index in [0.717, 1.165) is 88.4 Å². The number of thiophene rings is 1. The maximum Gasteiger partial charge on any atom is 0.315 e. The second-order valence-electron chi connectivity index (χ2n) is 26.5. The Morgan fingerprint density at radius 2 is 1.13 bits per heavy atom. The molecule has 9 N–H and O–H groups in total. The molecule has 0 radical (unpaired) electrons. The molecule has 0 aromatic carbocycles. The van der Waals surface area contributed by atoms with Crippen LogP contribution in [0.3, 0.4) is 0 Å². The van der Waals surface area contributed by atoms with Gasteiger partial charge in [-0.05, 0) is 90.9 Å². The Bertz CT molecular complexity index is 2650. The number of urea groups is 1. The van der Waals surface area contributed by atoms with Crippen molar-refractivity contribution in [3.63, 3.8) is 0 Å². The van der Waals surface area contributed by atoms with Crippen LogP contribution in [-0.4, -0.2) is 169 Å². The number of sulfonamides is 1. The van der Waals surface area contributed by atoms with Crippen molar-refractivity contribution in [1.29, 1.82) is 0 Å². The number of hydrogen-bond donors (Lipinski definition) is 8. The molecule has 4 aliphatic heterocycles. The zero-order valence-electron chi connectivity index (χ0n) is 52.5. The molecule has 0 spiro atoms. The third-order valence-electron chi connectivity index (χ3n) is 18.8. The molecule has 8 amide bonds. The van der Waals surface area contributed by atoms with Crippen molar-refractivity contribution in [3.8, 4) is 0 Å². The highest BCUT2D eigenvalue weighted by Crippen LogP contribution is 2.66. The largest absolute Gasteiger partial charge is 0.483 e. The quantitative estimate of drug-likeness (QED) is 0.102. The molecule has 1 aromatic rings. The van der Waals surface area contributed by atoms with Crippen LogP contribution >= 0.6 is 11.3 Å². The Kier molecular flexibility index (Phi) is 26.2. The molecule has 2 aliphatic carbocycles. The molecule has 23 nitrogen and oxygen atoms in total. The van der Waals surface area contributed by atoms with Gasteiger partial charge < -0.3 is 52.5 Å². The maximum absolute atomic E-state index is 14.4. The number of nitrogens with zero attached hydrogens (tertiary/aromatic N) is 3. The molecule has 5 heterocycles. The van der Waals surface area contributed by atoms with Crippen molar-refractivity contribution >= 4 is 80.9 Å². The number of carboxylic acid groups (broad SMARTS) is 1. The molecular weight excluding hydrogens is 1140 g/mol. The lowest BCUT2D eigenvalue weighted by molar-refractivity contribution is -0.144. The number of rotatable bonds is 12. The number of amides is 8. The van der Waals surface area contributed by atoms with Gasteiger partial charge in [0.05, 0.1) is 18.1 Å². The highest BCUT2D eigenvalue weighted by atomic mass is 32.2. The lowest BCUT2D eigenvalue weighted by Gasteiger charge is -2.36. The van der Waals surface area contributed by atoms with Gasteiger partial charge in [0.25, 0.3) is 28.3 Å². The van der Waals surface area contributed by atoms with Crippen molar-refractivity contribution in [1.82, 2.24) is 46.0 Å². The minimum atomic E-state index is -3.76. The van der Waals surface area contributed by atoms with Crippen LogP contribution in [0.15, 0.2) is 21.7 Å². The standard InChI is InChI=1S/C36H58N6O7S2.C24H40N4O4.CH2O2/c1-8-37-32(45)30(43)24-17-14-12-10-9-11-13-15-18-25(33(46)42-21-23-28(36(23,5)6)29(42)31(44)38-24)39-34(47)40-26(35(2,3)4)22-41(7)51(48,49)27-19-16-20-50-27;1-4-26-22(31)20(29)17-13-11-9-7-5-6-8-10-12-16(25)23(32)28-14-15-18(24(15,2)3)19(28)21(30)27-17;2-1-3/h16,19-20,23-26,28-29H,8-15,17-18,21-22H2,1-7H3,(H,37,45)(H,38,44)(H2,39,40,47);15-19H,4-14,25H2,1-3H3,(H,26,31)(H,27,30);1H,(H,2,3)/t23-,24-,25-,26+,28-,29-;15-,16-,17-,18-,19-;/m00./s1. The molecule has 25 heteroatoms. The predicted octanol–water partition coefficient (Wildman–Crippen LogP) is 4.86. The molecule has 484 valence electrons. The zero-order valence-corrected chi connectivity index (χ0v) is 54.1. The first kappa shape index (κ1) is 71.2. The van der Waals surface area contributed by atoms with Crippen LogP contribution in [0.1, 0.15) is 178 Å². The molecule has 6 fully saturated rings. The van der Waals surface area contributed by atoms with E-state index >= 15 is 0 Å². The zero-order chi connectivity index (χ0) is 63.9. The molecule has 1 aromatic heterocycles. The van der Waals surface area contributed by atoms with Crippen LogP contribution < -0.4 is 37.6 Å². The molecule has 7 rings (SSSR count). The van der Waals surface area contributed by atoms with Gasteiger partial charge in [0.2, 0.25) is 35.2 Å². The van der Waals surface area contributed by atoms with Gasteiger partial charge in [-0.2, -0.15) is 4.31 Å². The SMILES string of the molecule is CCNC(=O)C(=O)[C@@H]1CCCCCCCCC[C@H](N)C(=O)N2C[C@H]3[C@@H]([C@H]2C(=O)N1)C3(C)C.CCNC(=O)C(=O)[C@@H]1CCCCCCCCC[C@H](NC(=O)N[C@H](CN(C)S(=O)(=O)c2cccs2)C(C)(C)C)C(=O)N2C[C@H]3[C@@H]([C@H]2C(=O)N1)C3(C)C.O=CO. The molecule has 2 saturated carbocycles. The molecule has 11 atom stereocenters. The third-order valence-corrected chi connectivity index (χ3v) is 22.0. The number of piperidine rings is 2. The van der Waals surface area contributed by atoms with E-state index in [4.69, 9.17) is 15.6 Å². The molecule has 86 heavy (non-hydrogen) atoms. The summed E-state index contributed by atoms with van der Waals surface area (Å²) in [5, 5.41) is 25.3. The average Bonchev–Trinajstić information content (AvgIpc) is 1.58. The number of ketones is 2. The van der Waals surface area contributed by atoms with Crippen molar-refractivity contribution in [2.75, 3.05) is 39.8 Å². The summed E-state index contributed by atoms with van der Waals surface area (Å²) in [5.74, 6) is -3.76. The third kappa shape index (κ3) is 18.1. The fourth-order valence-corrected chi connectivity index (χ4v) is 15.7. The number of hydrogen-bond acceptors (Lipinski definition) is 14. The minimum absolute atomic E-state index is 0.0126. The average molecular weight is 1250 g/mol. The fraction of sp³-hybridized carbons (Fsp3) is 0.770. The van der Waals surface area contributed by atoms with Crippen LogP contribution in [0.4, 0.5) is 4.79 Å². The summed E-state index contributed by atoms with van der Waals surface area (Å²) < 4.78 is 27.8. The van der Waals surface area contributed by atoms with E-state index < -0.39 is 93.1 Å². The van der Waals surface area contributed by atoms with E-state index in [0.29, 0.717) is 58.2 Å². The Balaban J connectivity index is 0.000000329. The first-order chi connectivity index (χ1) is 40.5. The van der Waals surface area contributed by atoms with Crippen molar-refractivity contribution < 1.29 is 61.5 Å². The van der Waals surface area contributed by atoms with Gasteiger partial charge in [0, 0.05) is 45.8 Å².